The van der Waals surface area contributed by atoms with Gasteiger partial charge in [0.25, 0.3) is 0 Å². The van der Waals surface area contributed by atoms with Crippen LogP contribution in [-0.4, -0.2) is 61.0 Å². The Bertz CT molecular complexity index is 1760. The Morgan fingerprint density at radius 2 is 1.94 bits per heavy atom. The number of fused-ring (bicyclic) bond motifs is 4. The standard InChI is InChI=1S/C30H34N4O2/c1-4-20-16-23-24(17-26(20)34-9-7-21(8-10-34)33-11-13-36-14-12-33)30(2,3)29-27(28(23)35)22-6-5-19(18-31)15-25(22)32-29/h5-6,15-17,21,32H,4,7-14H2,1-3H3/i7D2,8D2,13D2,14D2,21D. The number of nitriles is 1. The summed E-state index contributed by atoms with van der Waals surface area (Å²) in [5.74, 6) is -0.179. The molecule has 3 heterocycles. The molecule has 186 valence electrons. The van der Waals surface area contributed by atoms with Crippen molar-refractivity contribution in [1.29, 1.82) is 5.26 Å². The van der Waals surface area contributed by atoms with E-state index in [0.717, 1.165) is 10.3 Å². The molecule has 0 radical (unpaired) electrons. The third kappa shape index (κ3) is 3.56. The number of H-pyrrole nitrogens is 1. The minimum absolute atomic E-state index is 0.179. The highest BCUT2D eigenvalue weighted by molar-refractivity contribution is 6.20. The zero-order valence-corrected chi connectivity index (χ0v) is 20.6. The number of carbonyl (C=O) groups is 1. The fourth-order valence-corrected chi connectivity index (χ4v) is 5.50. The van der Waals surface area contributed by atoms with Gasteiger partial charge in [0.2, 0.25) is 0 Å². The number of ketones is 1. The first-order chi connectivity index (χ1) is 20.7. The molecule has 1 aromatic heterocycles. The lowest BCUT2D eigenvalue weighted by Gasteiger charge is -2.42. The van der Waals surface area contributed by atoms with E-state index >= 15 is 0 Å². The van der Waals surface area contributed by atoms with Crippen molar-refractivity contribution in [3.8, 4) is 6.07 Å². The SMILES string of the molecule is [2H]C1([2H])CN(C2([2H])C([2H])([2H])CN(c3cc4c(cc3CC)C(=O)c3c([nH]c5cc(C#N)ccc35)C4(C)C)CC2([2H])[2H])CC([2H])([2H])O1. The van der Waals surface area contributed by atoms with Crippen molar-refractivity contribution < 1.29 is 21.9 Å². The molecule has 2 aliphatic heterocycles. The Morgan fingerprint density at radius 3 is 2.64 bits per heavy atom. The number of morpholine rings is 1. The lowest BCUT2D eigenvalue weighted by Crippen LogP contribution is -2.49. The highest BCUT2D eigenvalue weighted by Crippen LogP contribution is 2.46. The number of benzene rings is 2. The van der Waals surface area contributed by atoms with E-state index in [1.165, 1.54) is 0 Å². The number of anilines is 1. The quantitative estimate of drug-likeness (QED) is 0.571. The zero-order chi connectivity index (χ0) is 33.1. The normalized spacial score (nSPS) is 30.4. The number of piperidine rings is 1. The zero-order valence-electron chi connectivity index (χ0n) is 29.6. The third-order valence-corrected chi connectivity index (χ3v) is 7.48. The van der Waals surface area contributed by atoms with Gasteiger partial charge in [0, 0.05) is 72.3 Å². The topological polar surface area (TPSA) is 72.4 Å². The summed E-state index contributed by atoms with van der Waals surface area (Å²) >= 11 is 0. The van der Waals surface area contributed by atoms with Crippen LogP contribution in [0.1, 0.15) is 84.2 Å². The maximum absolute atomic E-state index is 14.0. The smallest absolute Gasteiger partial charge is 0.195 e. The van der Waals surface area contributed by atoms with Crippen LogP contribution in [0.2, 0.25) is 0 Å². The molecule has 0 saturated carbocycles. The number of hydrogen-bond donors (Lipinski definition) is 1. The van der Waals surface area contributed by atoms with E-state index in [4.69, 9.17) is 15.7 Å². The Labute approximate surface area is 225 Å². The fourth-order valence-electron chi connectivity index (χ4n) is 5.50. The first-order valence-corrected chi connectivity index (χ1v) is 12.2. The van der Waals surface area contributed by atoms with Gasteiger partial charge in [-0.2, -0.15) is 5.26 Å². The average molecular weight is 492 g/mol. The lowest BCUT2D eigenvalue weighted by molar-refractivity contribution is 0.0115. The van der Waals surface area contributed by atoms with Gasteiger partial charge in [0.1, 0.15) is 0 Å². The van der Waals surface area contributed by atoms with Crippen LogP contribution < -0.4 is 4.90 Å². The lowest BCUT2D eigenvalue weighted by atomic mass is 9.70. The molecule has 3 aliphatic rings. The molecule has 3 aromatic rings. The van der Waals surface area contributed by atoms with Crippen LogP contribution in [0, 0.1) is 11.3 Å². The van der Waals surface area contributed by atoms with Crippen molar-refractivity contribution in [3.63, 3.8) is 0 Å². The van der Waals surface area contributed by atoms with Crippen molar-refractivity contribution in [2.24, 2.45) is 0 Å². The summed E-state index contributed by atoms with van der Waals surface area (Å²) in [7, 11) is 0. The Kier molecular flexibility index (Phi) is 3.70. The molecule has 6 nitrogen and oxygen atoms in total. The first kappa shape index (κ1) is 15.2. The van der Waals surface area contributed by atoms with Crippen LogP contribution in [0.4, 0.5) is 5.69 Å². The second kappa shape index (κ2) is 8.76. The summed E-state index contributed by atoms with van der Waals surface area (Å²) in [6.07, 6.45) is -4.72. The van der Waals surface area contributed by atoms with Crippen LogP contribution >= 0.6 is 0 Å². The molecular weight excluding hydrogens is 448 g/mol. The van der Waals surface area contributed by atoms with E-state index < -0.39 is 63.5 Å². The molecule has 6 heteroatoms. The predicted molar refractivity (Wildman–Crippen MR) is 142 cm³/mol. The molecule has 36 heavy (non-hydrogen) atoms. The third-order valence-electron chi connectivity index (χ3n) is 7.48. The number of ether oxygens (including phenoxy) is 1. The van der Waals surface area contributed by atoms with Crippen molar-refractivity contribution in [2.75, 3.05) is 44.2 Å². The predicted octanol–water partition coefficient (Wildman–Crippen LogP) is 4.77. The van der Waals surface area contributed by atoms with Gasteiger partial charge in [-0.1, -0.05) is 26.8 Å². The number of nitrogens with one attached hydrogen (secondary N) is 1. The molecule has 1 aliphatic carbocycles. The van der Waals surface area contributed by atoms with Gasteiger partial charge in [0.15, 0.2) is 5.78 Å². The van der Waals surface area contributed by atoms with Crippen LogP contribution in [0.5, 0.6) is 0 Å². The molecular formula is C30H34N4O2. The maximum atomic E-state index is 14.0. The first-order valence-electron chi connectivity index (χ1n) is 16.7. The molecule has 0 atom stereocenters. The van der Waals surface area contributed by atoms with Crippen LogP contribution in [-0.2, 0) is 16.6 Å². The van der Waals surface area contributed by atoms with Gasteiger partial charge in [-0.25, -0.2) is 0 Å². The summed E-state index contributed by atoms with van der Waals surface area (Å²) in [5, 5.41) is 10.1. The van der Waals surface area contributed by atoms with Gasteiger partial charge in [0.05, 0.1) is 35.8 Å². The highest BCUT2D eigenvalue weighted by Gasteiger charge is 2.40. The van der Waals surface area contributed by atoms with Crippen LogP contribution in [0.15, 0.2) is 30.3 Å². The Morgan fingerprint density at radius 1 is 1.19 bits per heavy atom. The summed E-state index contributed by atoms with van der Waals surface area (Å²) in [5.41, 5.74) is 4.05. The van der Waals surface area contributed by atoms with Gasteiger partial charge < -0.3 is 14.6 Å². The molecule has 6 rings (SSSR count). The maximum Gasteiger partial charge on any atom is 0.195 e. The molecule has 0 bridgehead atoms. The molecule has 2 saturated heterocycles. The molecule has 1 N–H and O–H groups in total. The van der Waals surface area contributed by atoms with E-state index in [1.54, 1.807) is 29.2 Å². The fraction of sp³-hybridized carbons (Fsp3) is 0.467. The monoisotopic (exact) mass is 491 g/mol. The van der Waals surface area contributed by atoms with Gasteiger partial charge in [-0.3, -0.25) is 9.69 Å². The van der Waals surface area contributed by atoms with Crippen molar-refractivity contribution in [3.05, 3.63) is 63.8 Å². The van der Waals surface area contributed by atoms with Crippen LogP contribution in [0.25, 0.3) is 10.9 Å². The van der Waals surface area contributed by atoms with Gasteiger partial charge >= 0.3 is 0 Å². The summed E-state index contributed by atoms with van der Waals surface area (Å²) in [4.78, 5) is 19.8. The number of hydrogen-bond acceptors (Lipinski definition) is 5. The second-order valence-corrected chi connectivity index (χ2v) is 9.89. The number of aryl methyl sites for hydroxylation is 1. The summed E-state index contributed by atoms with van der Waals surface area (Å²) in [6, 6.07) is 8.25. The number of rotatable bonds is 3. The average Bonchev–Trinajstić information content (AvgIpc) is 3.32. The van der Waals surface area contributed by atoms with Crippen molar-refractivity contribution in [2.45, 2.75) is 51.4 Å². The summed E-state index contributed by atoms with van der Waals surface area (Å²) < 4.78 is 82.3. The summed E-state index contributed by atoms with van der Waals surface area (Å²) in [6.45, 7) is -1.47. The largest absolute Gasteiger partial charge is 0.379 e. The Balaban J connectivity index is 1.44. The molecule has 0 unspecified atom stereocenters. The molecule has 2 fully saturated rings. The second-order valence-electron chi connectivity index (χ2n) is 9.89. The molecule has 2 aromatic carbocycles. The van der Waals surface area contributed by atoms with Crippen molar-refractivity contribution in [1.82, 2.24) is 9.88 Å². The van der Waals surface area contributed by atoms with Gasteiger partial charge in [-0.05, 0) is 54.6 Å². The molecule has 0 amide bonds. The van der Waals surface area contributed by atoms with E-state index in [-0.39, 0.29) is 5.78 Å². The minimum atomic E-state index is -2.64. The van der Waals surface area contributed by atoms with Crippen molar-refractivity contribution >= 4 is 22.4 Å². The van der Waals surface area contributed by atoms with Crippen LogP contribution in [0.3, 0.4) is 0 Å². The highest BCUT2D eigenvalue weighted by atomic mass is 16.5. The van der Waals surface area contributed by atoms with E-state index in [9.17, 15) is 11.4 Å². The van der Waals surface area contributed by atoms with E-state index in [2.05, 4.69) is 11.1 Å². The molecule has 0 spiro atoms. The van der Waals surface area contributed by atoms with E-state index in [1.807, 2.05) is 26.8 Å². The number of aromatic nitrogens is 1. The number of aromatic amines is 1. The van der Waals surface area contributed by atoms with Gasteiger partial charge in [-0.15, -0.1) is 0 Å². The minimum Gasteiger partial charge on any atom is -0.379 e. The number of carbonyl (C=O) groups excluding carboxylic acids is 1. The number of nitrogens with zero attached hydrogens (tertiary/aromatic N) is 3. The Hall–Kier alpha value is -3.14. The van der Waals surface area contributed by atoms with E-state index in [0.29, 0.717) is 51.1 Å².